The highest BCUT2D eigenvalue weighted by molar-refractivity contribution is 6.36. The molecule has 0 radical (unpaired) electrons. The van der Waals surface area contributed by atoms with Crippen LogP contribution in [0, 0.1) is 28.1 Å². The summed E-state index contributed by atoms with van der Waals surface area (Å²) >= 11 is 6.85. The fourth-order valence-electron chi connectivity index (χ4n) is 4.69. The Hall–Kier alpha value is -4.37. The van der Waals surface area contributed by atoms with E-state index in [1.165, 1.54) is 10.7 Å². The van der Waals surface area contributed by atoms with Crippen LogP contribution in [0.4, 0.5) is 27.9 Å². The van der Waals surface area contributed by atoms with Gasteiger partial charge in [0.2, 0.25) is 5.95 Å². The van der Waals surface area contributed by atoms with Gasteiger partial charge in [-0.3, -0.25) is 0 Å². The van der Waals surface area contributed by atoms with Crippen LogP contribution < -0.4 is 15.5 Å². The van der Waals surface area contributed by atoms with Crippen LogP contribution in [-0.4, -0.2) is 94.3 Å². The molecule has 0 bridgehead atoms. The second-order valence-electron chi connectivity index (χ2n) is 10.5. The Morgan fingerprint density at radius 2 is 2.00 bits per heavy atom. The molecule has 3 aliphatic rings. The van der Waals surface area contributed by atoms with Crippen LogP contribution in [0.15, 0.2) is 18.3 Å². The van der Waals surface area contributed by atoms with E-state index in [1.807, 2.05) is 4.90 Å². The van der Waals surface area contributed by atoms with Gasteiger partial charge in [0.05, 0.1) is 59.5 Å². The lowest BCUT2D eigenvalue weighted by Gasteiger charge is -2.40. The number of aromatic nitrogens is 4. The summed E-state index contributed by atoms with van der Waals surface area (Å²) in [6.07, 6.45) is 3.04. The lowest BCUT2D eigenvalue weighted by atomic mass is 9.88. The van der Waals surface area contributed by atoms with Crippen molar-refractivity contribution >= 4 is 46.5 Å². The number of nitrogens with zero attached hydrogens (tertiary/aromatic N) is 8. The van der Waals surface area contributed by atoms with E-state index in [-0.39, 0.29) is 24.9 Å². The predicted octanol–water partition coefficient (Wildman–Crippen LogP) is 2.11. The third kappa shape index (κ3) is 5.37. The van der Waals surface area contributed by atoms with Crippen molar-refractivity contribution in [2.75, 3.05) is 68.1 Å². The first-order valence-corrected chi connectivity index (χ1v) is 13.6. The Bertz CT molecular complexity index is 1560. The summed E-state index contributed by atoms with van der Waals surface area (Å²) in [5, 5.41) is 40.0. The van der Waals surface area contributed by atoms with Crippen LogP contribution >= 0.6 is 11.6 Å². The van der Waals surface area contributed by atoms with Gasteiger partial charge < -0.3 is 35.0 Å². The molecule has 0 atom stereocenters. The smallest absolute Gasteiger partial charge is 0.409 e. The largest absolute Gasteiger partial charge is 0.449 e. The quantitative estimate of drug-likeness (QED) is 0.355. The Kier molecular flexibility index (Phi) is 7.13. The summed E-state index contributed by atoms with van der Waals surface area (Å²) < 4.78 is 12.0. The van der Waals surface area contributed by atoms with Crippen LogP contribution in [0.25, 0.3) is 5.65 Å². The zero-order valence-corrected chi connectivity index (χ0v) is 22.8. The molecule has 1 saturated carbocycles. The first kappa shape index (κ1) is 26.8. The third-order valence-electron chi connectivity index (χ3n) is 7.36. The first-order valence-electron chi connectivity index (χ1n) is 13.2. The van der Waals surface area contributed by atoms with Gasteiger partial charge in [0.25, 0.3) is 0 Å². The Balaban J connectivity index is 1.19. The highest BCUT2D eigenvalue weighted by atomic mass is 35.5. The summed E-state index contributed by atoms with van der Waals surface area (Å²) in [6.45, 7) is 2.47. The average Bonchev–Trinajstić information content (AvgIpc) is 3.69. The fraction of sp³-hybridized carbons (Fsp3) is 0.462. The number of carbonyl (C=O) groups excluding carboxylic acids is 1. The topological polar surface area (TPSA) is 177 Å². The number of rotatable bonds is 8. The van der Waals surface area contributed by atoms with Crippen molar-refractivity contribution in [3.05, 3.63) is 34.6 Å². The van der Waals surface area contributed by atoms with Gasteiger partial charge in [-0.2, -0.15) is 20.0 Å². The molecule has 6 rings (SSSR count). The molecule has 3 fully saturated rings. The zero-order chi connectivity index (χ0) is 28.6. The number of hydrogen-bond donors (Lipinski definition) is 3. The van der Waals surface area contributed by atoms with Crippen molar-refractivity contribution in [3.63, 3.8) is 0 Å². The minimum Gasteiger partial charge on any atom is -0.449 e. The number of ether oxygens (including phenoxy) is 2. The van der Waals surface area contributed by atoms with Crippen LogP contribution in [0.1, 0.15) is 24.1 Å². The number of aliphatic hydroxyl groups excluding tert-OH is 1. The van der Waals surface area contributed by atoms with Gasteiger partial charge in [0.1, 0.15) is 12.7 Å². The molecule has 2 aromatic heterocycles. The number of aliphatic hydroxyl groups is 1. The minimum absolute atomic E-state index is 0.1000. The molecule has 2 aliphatic heterocycles. The number of hydrogen-bond acceptors (Lipinski definition) is 12. The van der Waals surface area contributed by atoms with Crippen LogP contribution in [-0.2, 0) is 9.47 Å². The van der Waals surface area contributed by atoms with E-state index in [4.69, 9.17) is 21.1 Å². The van der Waals surface area contributed by atoms with Gasteiger partial charge >= 0.3 is 6.09 Å². The predicted molar refractivity (Wildman–Crippen MR) is 147 cm³/mol. The van der Waals surface area contributed by atoms with Gasteiger partial charge in [-0.05, 0) is 25.0 Å². The summed E-state index contributed by atoms with van der Waals surface area (Å²) in [5.41, 5.74) is 1.62. The molecule has 3 N–H and O–H groups in total. The molecule has 15 heteroatoms. The summed E-state index contributed by atoms with van der Waals surface area (Å²) in [5.74, 6) is 0.681. The van der Waals surface area contributed by atoms with E-state index in [9.17, 15) is 20.4 Å². The number of anilines is 4. The van der Waals surface area contributed by atoms with Crippen molar-refractivity contribution < 1.29 is 19.4 Å². The van der Waals surface area contributed by atoms with Crippen LogP contribution in [0.2, 0.25) is 5.02 Å². The maximum absolute atomic E-state index is 12.6. The second kappa shape index (κ2) is 10.9. The molecule has 212 valence electrons. The Labute approximate surface area is 240 Å². The molecule has 41 heavy (non-hydrogen) atoms. The summed E-state index contributed by atoms with van der Waals surface area (Å²) in [6, 6.07) is 7.86. The highest BCUT2D eigenvalue weighted by Crippen LogP contribution is 2.37. The number of fused-ring (bicyclic) bond motifs is 1. The summed E-state index contributed by atoms with van der Waals surface area (Å²) in [7, 11) is 0. The molecule has 3 aromatic rings. The molecule has 1 aliphatic carbocycles. The highest BCUT2D eigenvalue weighted by Gasteiger charge is 2.40. The second-order valence-corrected chi connectivity index (χ2v) is 10.8. The number of carbonyl (C=O) groups is 1. The Morgan fingerprint density at radius 3 is 2.63 bits per heavy atom. The molecule has 0 spiro atoms. The number of nitrogens with one attached hydrogen (secondary N) is 2. The maximum atomic E-state index is 12.6. The fourth-order valence-corrected chi connectivity index (χ4v) is 4.97. The Morgan fingerprint density at radius 1 is 1.22 bits per heavy atom. The number of amides is 1. The van der Waals surface area contributed by atoms with E-state index >= 15 is 0 Å². The molecular weight excluding hydrogens is 552 g/mol. The van der Waals surface area contributed by atoms with E-state index in [0.29, 0.717) is 78.9 Å². The lowest BCUT2D eigenvalue weighted by Crippen LogP contribution is -2.52. The first-order chi connectivity index (χ1) is 19.9. The molecule has 4 heterocycles. The average molecular weight is 579 g/mol. The van der Waals surface area contributed by atoms with Crippen molar-refractivity contribution in [3.8, 4) is 12.1 Å². The monoisotopic (exact) mass is 578 g/mol. The number of benzene rings is 1. The van der Waals surface area contributed by atoms with Gasteiger partial charge in [-0.25, -0.2) is 9.78 Å². The van der Waals surface area contributed by atoms with Crippen molar-refractivity contribution in [1.82, 2.24) is 24.5 Å². The lowest BCUT2D eigenvalue weighted by molar-refractivity contribution is -0.159. The van der Waals surface area contributed by atoms with Gasteiger partial charge in [0, 0.05) is 32.2 Å². The number of halogens is 1. The maximum Gasteiger partial charge on any atom is 0.409 e. The molecule has 0 unspecified atom stereocenters. The standard InChI is InChI=1S/C26H27ClN10O4/c27-21-19(32-24-33-22(31-17-1-2-17)23-30-11-18(10-29)37(23)34-24)7-16(9-28)8-20(21)35-3-5-36(6-4-35)25(39)41-15-26(12-38)13-40-14-26/h7-8,11,17,38H,1-6,12-15H2,(H2,31,32,33,34). The number of nitriles is 2. The molecule has 14 nitrogen and oxygen atoms in total. The van der Waals surface area contributed by atoms with Crippen LogP contribution in [0.5, 0.6) is 0 Å². The normalized spacial score (nSPS) is 17.9. The minimum atomic E-state index is -0.511. The van der Waals surface area contributed by atoms with E-state index in [2.05, 4.69) is 37.8 Å². The van der Waals surface area contributed by atoms with Crippen molar-refractivity contribution in [2.45, 2.75) is 18.9 Å². The van der Waals surface area contributed by atoms with E-state index < -0.39 is 11.5 Å². The van der Waals surface area contributed by atoms with E-state index in [0.717, 1.165) is 12.8 Å². The van der Waals surface area contributed by atoms with Crippen molar-refractivity contribution in [2.24, 2.45) is 5.41 Å². The number of imidazole rings is 1. The molecule has 1 amide bonds. The van der Waals surface area contributed by atoms with Gasteiger partial charge in [-0.1, -0.05) is 11.6 Å². The SMILES string of the molecule is N#Cc1cc(Nc2nc(NC3CC3)c3ncc(C#N)n3n2)c(Cl)c(N2CCN(C(=O)OCC3(CO)COC3)CC2)c1. The van der Waals surface area contributed by atoms with E-state index in [1.54, 1.807) is 17.0 Å². The van der Waals surface area contributed by atoms with Gasteiger partial charge in [0.15, 0.2) is 17.2 Å². The molecule has 2 saturated heterocycles. The molecule has 1 aromatic carbocycles. The third-order valence-corrected chi connectivity index (χ3v) is 7.75. The summed E-state index contributed by atoms with van der Waals surface area (Å²) in [4.78, 5) is 25.1. The zero-order valence-electron chi connectivity index (χ0n) is 22.0. The van der Waals surface area contributed by atoms with Gasteiger partial charge in [-0.15, -0.1) is 5.10 Å². The van der Waals surface area contributed by atoms with Crippen LogP contribution in [0.3, 0.4) is 0 Å². The molecular formula is C26H27ClN10O4. The van der Waals surface area contributed by atoms with Crippen molar-refractivity contribution in [1.29, 1.82) is 10.5 Å². The number of piperazine rings is 1.